The summed E-state index contributed by atoms with van der Waals surface area (Å²) in [6, 6.07) is 1.47. The Hall–Kier alpha value is -1.58. The van der Waals surface area contributed by atoms with Crippen LogP contribution in [0.4, 0.5) is 0 Å². The maximum Gasteiger partial charge on any atom is 0.255 e. The Bertz CT molecular complexity index is 406. The molecule has 2 rings (SSSR count). The molecule has 1 fully saturated rings. The highest BCUT2D eigenvalue weighted by molar-refractivity contribution is 5.94. The van der Waals surface area contributed by atoms with Gasteiger partial charge in [-0.05, 0) is 24.8 Å². The summed E-state index contributed by atoms with van der Waals surface area (Å²) in [7, 11) is 0. The number of carbonyl (C=O) groups excluding carboxylic acids is 1. The SMILES string of the molecule is CCCC1CCN(C(=O)c2cncc(O)c2)C1. The molecule has 2 heterocycles. The van der Waals surface area contributed by atoms with Crippen molar-refractivity contribution in [3.05, 3.63) is 24.0 Å². The predicted molar refractivity (Wildman–Crippen MR) is 64.8 cm³/mol. The predicted octanol–water partition coefficient (Wildman–Crippen LogP) is 2.05. The lowest BCUT2D eigenvalue weighted by Crippen LogP contribution is -2.28. The molecule has 1 atom stereocenters. The van der Waals surface area contributed by atoms with E-state index < -0.39 is 0 Å². The molecule has 1 aliphatic heterocycles. The van der Waals surface area contributed by atoms with Crippen LogP contribution in [-0.4, -0.2) is 34.0 Å². The molecule has 0 aliphatic carbocycles. The summed E-state index contributed by atoms with van der Waals surface area (Å²) in [5.74, 6) is 0.654. The maximum absolute atomic E-state index is 12.1. The molecule has 1 unspecified atom stereocenters. The Kier molecular flexibility index (Phi) is 3.61. The number of hydrogen-bond donors (Lipinski definition) is 1. The first-order valence-electron chi connectivity index (χ1n) is 6.14. The fraction of sp³-hybridized carbons (Fsp3) is 0.538. The normalized spacial score (nSPS) is 19.6. The summed E-state index contributed by atoms with van der Waals surface area (Å²) in [6.45, 7) is 3.82. The molecule has 0 radical (unpaired) electrons. The van der Waals surface area contributed by atoms with Crippen molar-refractivity contribution in [3.63, 3.8) is 0 Å². The van der Waals surface area contributed by atoms with Gasteiger partial charge in [-0.15, -0.1) is 0 Å². The summed E-state index contributed by atoms with van der Waals surface area (Å²) in [5, 5.41) is 9.31. The molecule has 0 aromatic carbocycles. The molecule has 0 bridgehead atoms. The highest BCUT2D eigenvalue weighted by atomic mass is 16.3. The average Bonchev–Trinajstić information content (AvgIpc) is 2.77. The van der Waals surface area contributed by atoms with Crippen molar-refractivity contribution < 1.29 is 9.90 Å². The van der Waals surface area contributed by atoms with E-state index in [2.05, 4.69) is 11.9 Å². The lowest BCUT2D eigenvalue weighted by atomic mass is 10.0. The van der Waals surface area contributed by atoms with Gasteiger partial charge in [-0.2, -0.15) is 0 Å². The molecule has 1 aromatic heterocycles. The van der Waals surface area contributed by atoms with Crippen molar-refractivity contribution in [2.24, 2.45) is 5.92 Å². The van der Waals surface area contributed by atoms with Crippen LogP contribution in [0.15, 0.2) is 18.5 Å². The van der Waals surface area contributed by atoms with Crippen LogP contribution in [0.5, 0.6) is 5.75 Å². The summed E-state index contributed by atoms with van der Waals surface area (Å²) in [5.41, 5.74) is 0.474. The van der Waals surface area contributed by atoms with Gasteiger partial charge in [-0.3, -0.25) is 9.78 Å². The zero-order valence-corrected chi connectivity index (χ0v) is 10.1. The van der Waals surface area contributed by atoms with E-state index in [4.69, 9.17) is 0 Å². The van der Waals surface area contributed by atoms with Gasteiger partial charge >= 0.3 is 0 Å². The number of likely N-dealkylation sites (tertiary alicyclic amines) is 1. The molecule has 4 heteroatoms. The third-order valence-corrected chi connectivity index (χ3v) is 3.24. The molecule has 0 saturated carbocycles. The van der Waals surface area contributed by atoms with Gasteiger partial charge in [0.1, 0.15) is 5.75 Å². The smallest absolute Gasteiger partial charge is 0.255 e. The van der Waals surface area contributed by atoms with E-state index in [1.807, 2.05) is 4.90 Å². The summed E-state index contributed by atoms with van der Waals surface area (Å²) in [4.78, 5) is 17.8. The number of hydrogen-bond acceptors (Lipinski definition) is 3. The molecule has 1 amide bonds. The van der Waals surface area contributed by atoms with Crippen LogP contribution in [0.25, 0.3) is 0 Å². The summed E-state index contributed by atoms with van der Waals surface area (Å²) in [6.07, 6.45) is 6.28. The molecular formula is C13H18N2O2. The Morgan fingerprint density at radius 2 is 2.41 bits per heavy atom. The molecule has 1 aromatic rings. The lowest BCUT2D eigenvalue weighted by molar-refractivity contribution is 0.0785. The van der Waals surface area contributed by atoms with Gasteiger partial charge in [0.2, 0.25) is 0 Å². The van der Waals surface area contributed by atoms with Gasteiger partial charge in [0.05, 0.1) is 11.8 Å². The van der Waals surface area contributed by atoms with E-state index >= 15 is 0 Å². The number of amides is 1. The highest BCUT2D eigenvalue weighted by Crippen LogP contribution is 2.22. The quantitative estimate of drug-likeness (QED) is 0.870. The van der Waals surface area contributed by atoms with Crippen molar-refractivity contribution >= 4 is 5.91 Å². The van der Waals surface area contributed by atoms with Crippen LogP contribution < -0.4 is 0 Å². The van der Waals surface area contributed by atoms with E-state index in [-0.39, 0.29) is 11.7 Å². The largest absolute Gasteiger partial charge is 0.506 e. The van der Waals surface area contributed by atoms with Crippen LogP contribution in [-0.2, 0) is 0 Å². The minimum atomic E-state index is -0.0213. The second-order valence-electron chi connectivity index (χ2n) is 4.63. The third kappa shape index (κ3) is 2.75. The van der Waals surface area contributed by atoms with Crippen molar-refractivity contribution in [3.8, 4) is 5.75 Å². The number of aromatic hydroxyl groups is 1. The van der Waals surface area contributed by atoms with Crippen LogP contribution in [0.2, 0.25) is 0 Å². The van der Waals surface area contributed by atoms with Crippen molar-refractivity contribution in [1.29, 1.82) is 0 Å². The first kappa shape index (κ1) is 11.9. The minimum Gasteiger partial charge on any atom is -0.506 e. The molecule has 1 saturated heterocycles. The Morgan fingerprint density at radius 1 is 1.59 bits per heavy atom. The molecule has 0 spiro atoms. The summed E-state index contributed by atoms with van der Waals surface area (Å²) >= 11 is 0. The van der Waals surface area contributed by atoms with E-state index in [1.54, 1.807) is 0 Å². The minimum absolute atomic E-state index is 0.0213. The molecule has 1 aliphatic rings. The van der Waals surface area contributed by atoms with Gasteiger partial charge in [0.15, 0.2) is 0 Å². The first-order valence-corrected chi connectivity index (χ1v) is 6.14. The topological polar surface area (TPSA) is 53.4 Å². The second kappa shape index (κ2) is 5.17. The molecule has 17 heavy (non-hydrogen) atoms. The third-order valence-electron chi connectivity index (χ3n) is 3.24. The zero-order chi connectivity index (χ0) is 12.3. The standard InChI is InChI=1S/C13H18N2O2/c1-2-3-10-4-5-15(9-10)13(17)11-6-12(16)8-14-7-11/h6-8,10,16H,2-5,9H2,1H3. The van der Waals surface area contributed by atoms with E-state index in [0.717, 1.165) is 19.5 Å². The second-order valence-corrected chi connectivity index (χ2v) is 4.63. The number of nitrogens with zero attached hydrogens (tertiary/aromatic N) is 2. The van der Waals surface area contributed by atoms with Gasteiger partial charge in [0.25, 0.3) is 5.91 Å². The monoisotopic (exact) mass is 234 g/mol. The molecule has 92 valence electrons. The van der Waals surface area contributed by atoms with Gasteiger partial charge in [0, 0.05) is 19.3 Å². The number of pyridine rings is 1. The number of rotatable bonds is 3. The Balaban J connectivity index is 2.02. The van der Waals surface area contributed by atoms with Crippen LogP contribution in [0.1, 0.15) is 36.5 Å². The zero-order valence-electron chi connectivity index (χ0n) is 10.1. The molecular weight excluding hydrogens is 216 g/mol. The molecule has 4 nitrogen and oxygen atoms in total. The van der Waals surface area contributed by atoms with Crippen LogP contribution in [0.3, 0.4) is 0 Å². The fourth-order valence-electron chi connectivity index (χ4n) is 2.39. The lowest BCUT2D eigenvalue weighted by Gasteiger charge is -2.16. The van der Waals surface area contributed by atoms with Crippen LogP contribution in [0, 0.1) is 5.92 Å². The highest BCUT2D eigenvalue weighted by Gasteiger charge is 2.26. The Morgan fingerprint density at radius 3 is 3.12 bits per heavy atom. The van der Waals surface area contributed by atoms with Gasteiger partial charge in [-0.25, -0.2) is 0 Å². The van der Waals surface area contributed by atoms with Crippen molar-refractivity contribution in [1.82, 2.24) is 9.88 Å². The first-order chi connectivity index (χ1) is 8.20. The van der Waals surface area contributed by atoms with Crippen LogP contribution >= 0.6 is 0 Å². The van der Waals surface area contributed by atoms with Gasteiger partial charge < -0.3 is 10.0 Å². The van der Waals surface area contributed by atoms with E-state index in [9.17, 15) is 9.90 Å². The van der Waals surface area contributed by atoms with E-state index in [0.29, 0.717) is 11.5 Å². The number of aromatic nitrogens is 1. The van der Waals surface area contributed by atoms with Crippen molar-refractivity contribution in [2.45, 2.75) is 26.2 Å². The summed E-state index contributed by atoms with van der Waals surface area (Å²) < 4.78 is 0. The van der Waals surface area contributed by atoms with E-state index in [1.165, 1.54) is 31.3 Å². The average molecular weight is 234 g/mol. The number of carbonyl (C=O) groups is 1. The maximum atomic E-state index is 12.1. The molecule has 1 N–H and O–H groups in total. The van der Waals surface area contributed by atoms with Crippen molar-refractivity contribution in [2.75, 3.05) is 13.1 Å². The fourth-order valence-corrected chi connectivity index (χ4v) is 2.39. The van der Waals surface area contributed by atoms with Gasteiger partial charge in [-0.1, -0.05) is 13.3 Å². The Labute approximate surface area is 101 Å².